The average molecular weight is 341 g/mol. The number of nitrogens with zero attached hydrogens (tertiary/aromatic N) is 5. The Bertz CT molecular complexity index is 884. The molecule has 9 nitrogen and oxygen atoms in total. The number of carbonyl (C=O) groups excluding carboxylic acids is 1. The van der Waals surface area contributed by atoms with Gasteiger partial charge in [0.2, 0.25) is 5.89 Å². The van der Waals surface area contributed by atoms with Crippen LogP contribution < -0.4 is 11.1 Å². The molecule has 3 N–H and O–H groups in total. The van der Waals surface area contributed by atoms with Gasteiger partial charge in [0.15, 0.2) is 11.5 Å². The third-order valence-electron chi connectivity index (χ3n) is 3.63. The van der Waals surface area contributed by atoms with E-state index >= 15 is 0 Å². The molecule has 0 aliphatic rings. The van der Waals surface area contributed by atoms with Gasteiger partial charge in [0.1, 0.15) is 12.0 Å². The summed E-state index contributed by atoms with van der Waals surface area (Å²) in [5.41, 5.74) is 7.62. The number of nitrogens with two attached hydrogens (primary N) is 1. The maximum absolute atomic E-state index is 12.4. The normalized spacial score (nSPS) is 11.0. The number of hydrogen-bond donors (Lipinski definition) is 2. The number of anilines is 1. The van der Waals surface area contributed by atoms with Gasteiger partial charge < -0.3 is 20.0 Å². The van der Waals surface area contributed by atoms with Gasteiger partial charge in [-0.05, 0) is 20.8 Å². The fraction of sp³-hybridized carbons (Fsp3) is 0.312. The first-order chi connectivity index (χ1) is 12.0. The Morgan fingerprint density at radius 3 is 2.80 bits per heavy atom. The lowest BCUT2D eigenvalue weighted by Gasteiger charge is -2.08. The summed E-state index contributed by atoms with van der Waals surface area (Å²) >= 11 is 0. The van der Waals surface area contributed by atoms with Crippen LogP contribution in [0.5, 0.6) is 0 Å². The van der Waals surface area contributed by atoms with Gasteiger partial charge in [-0.3, -0.25) is 4.79 Å². The van der Waals surface area contributed by atoms with Crippen LogP contribution in [0.2, 0.25) is 0 Å². The van der Waals surface area contributed by atoms with Crippen molar-refractivity contribution in [3.8, 4) is 11.6 Å². The third kappa shape index (κ3) is 3.49. The van der Waals surface area contributed by atoms with Crippen molar-refractivity contribution in [3.63, 3.8) is 0 Å². The lowest BCUT2D eigenvalue weighted by molar-refractivity contribution is 0.0946. The number of aryl methyl sites for hydroxylation is 1. The van der Waals surface area contributed by atoms with Gasteiger partial charge in [0, 0.05) is 12.2 Å². The first-order valence-corrected chi connectivity index (χ1v) is 7.80. The highest BCUT2D eigenvalue weighted by Crippen LogP contribution is 2.20. The van der Waals surface area contributed by atoms with E-state index in [2.05, 4.69) is 39.1 Å². The van der Waals surface area contributed by atoms with Crippen molar-refractivity contribution in [1.82, 2.24) is 29.8 Å². The SMILES string of the molecule is Cc1nc(C(=O)NCc2cn(C(C)C)cn2)c(N)nc1-c1ncco1. The maximum atomic E-state index is 12.4. The molecule has 130 valence electrons. The van der Waals surface area contributed by atoms with E-state index < -0.39 is 5.91 Å². The van der Waals surface area contributed by atoms with Crippen molar-refractivity contribution in [2.75, 3.05) is 5.73 Å². The molecule has 3 heterocycles. The average Bonchev–Trinajstić information content (AvgIpc) is 3.25. The second-order valence-corrected chi connectivity index (χ2v) is 5.82. The minimum atomic E-state index is -0.411. The molecule has 3 aromatic heterocycles. The highest BCUT2D eigenvalue weighted by molar-refractivity contribution is 5.96. The zero-order valence-electron chi connectivity index (χ0n) is 14.2. The zero-order valence-corrected chi connectivity index (χ0v) is 14.2. The topological polar surface area (TPSA) is 125 Å². The smallest absolute Gasteiger partial charge is 0.274 e. The number of carbonyl (C=O) groups is 1. The predicted octanol–water partition coefficient (Wildman–Crippen LogP) is 1.73. The number of amides is 1. The Morgan fingerprint density at radius 1 is 1.36 bits per heavy atom. The van der Waals surface area contributed by atoms with Crippen LogP contribution in [0, 0.1) is 6.92 Å². The minimum absolute atomic E-state index is 0.0176. The molecule has 0 bridgehead atoms. The Balaban J connectivity index is 1.74. The highest BCUT2D eigenvalue weighted by atomic mass is 16.3. The molecule has 3 aromatic rings. The van der Waals surface area contributed by atoms with Crippen molar-refractivity contribution in [2.45, 2.75) is 33.4 Å². The zero-order chi connectivity index (χ0) is 18.0. The highest BCUT2D eigenvalue weighted by Gasteiger charge is 2.18. The second-order valence-electron chi connectivity index (χ2n) is 5.82. The standard InChI is InChI=1S/C16H19N7O2/c1-9(2)23-7-11(20-8-23)6-19-15(24)13-14(17)22-12(10(3)21-13)16-18-4-5-25-16/h4-5,7-9H,6H2,1-3H3,(H2,17,22)(H,19,24). The fourth-order valence-corrected chi connectivity index (χ4v) is 2.25. The molecule has 0 aromatic carbocycles. The summed E-state index contributed by atoms with van der Waals surface area (Å²) < 4.78 is 7.17. The molecule has 1 amide bonds. The van der Waals surface area contributed by atoms with Crippen LogP contribution in [0.15, 0.2) is 29.4 Å². The minimum Gasteiger partial charge on any atom is -0.443 e. The number of imidazole rings is 1. The Hall–Kier alpha value is -3.23. The van der Waals surface area contributed by atoms with E-state index in [4.69, 9.17) is 10.2 Å². The van der Waals surface area contributed by atoms with Crippen molar-refractivity contribution < 1.29 is 9.21 Å². The van der Waals surface area contributed by atoms with Crippen LogP contribution in [0.1, 0.15) is 41.8 Å². The van der Waals surface area contributed by atoms with Crippen molar-refractivity contribution in [2.24, 2.45) is 0 Å². The third-order valence-corrected chi connectivity index (χ3v) is 3.63. The van der Waals surface area contributed by atoms with E-state index in [0.717, 1.165) is 5.69 Å². The number of oxazole rings is 1. The molecule has 0 saturated heterocycles. The maximum Gasteiger partial charge on any atom is 0.274 e. The molecule has 9 heteroatoms. The van der Waals surface area contributed by atoms with Gasteiger partial charge >= 0.3 is 0 Å². The van der Waals surface area contributed by atoms with Crippen molar-refractivity contribution in [3.05, 3.63) is 42.1 Å². The summed E-state index contributed by atoms with van der Waals surface area (Å²) in [4.78, 5) is 29.1. The van der Waals surface area contributed by atoms with Gasteiger partial charge in [0.05, 0.1) is 30.5 Å². The molecule has 0 spiro atoms. The number of hydrogen-bond acceptors (Lipinski definition) is 7. The molecule has 0 aliphatic heterocycles. The van der Waals surface area contributed by atoms with Gasteiger partial charge in [-0.2, -0.15) is 0 Å². The van der Waals surface area contributed by atoms with E-state index in [1.807, 2.05) is 10.8 Å². The Kier molecular flexibility index (Phi) is 4.46. The first-order valence-electron chi connectivity index (χ1n) is 7.80. The first kappa shape index (κ1) is 16.6. The number of aromatic nitrogens is 5. The second kappa shape index (κ2) is 6.71. The van der Waals surface area contributed by atoms with E-state index in [1.54, 1.807) is 13.3 Å². The predicted molar refractivity (Wildman–Crippen MR) is 90.5 cm³/mol. The van der Waals surface area contributed by atoms with Crippen molar-refractivity contribution >= 4 is 11.7 Å². The summed E-state index contributed by atoms with van der Waals surface area (Å²) in [5.74, 6) is -0.0851. The van der Waals surface area contributed by atoms with Crippen LogP contribution in [0.3, 0.4) is 0 Å². The number of nitrogen functional groups attached to an aromatic ring is 1. The summed E-state index contributed by atoms with van der Waals surface area (Å²) in [6.45, 7) is 6.10. The molecular weight excluding hydrogens is 322 g/mol. The van der Waals surface area contributed by atoms with E-state index in [9.17, 15) is 4.79 Å². The molecule has 0 unspecified atom stereocenters. The van der Waals surface area contributed by atoms with Gasteiger partial charge in [0.25, 0.3) is 5.91 Å². The summed E-state index contributed by atoms with van der Waals surface area (Å²) in [7, 11) is 0. The summed E-state index contributed by atoms with van der Waals surface area (Å²) in [5, 5.41) is 2.75. The van der Waals surface area contributed by atoms with Gasteiger partial charge in [-0.1, -0.05) is 0 Å². The molecule has 25 heavy (non-hydrogen) atoms. The van der Waals surface area contributed by atoms with Crippen LogP contribution in [0.4, 0.5) is 5.82 Å². The molecule has 0 saturated carbocycles. The van der Waals surface area contributed by atoms with E-state index in [-0.39, 0.29) is 18.1 Å². The monoisotopic (exact) mass is 341 g/mol. The Morgan fingerprint density at radius 2 is 2.16 bits per heavy atom. The molecule has 0 aliphatic carbocycles. The van der Waals surface area contributed by atoms with E-state index in [0.29, 0.717) is 23.3 Å². The molecule has 3 rings (SSSR count). The summed E-state index contributed by atoms with van der Waals surface area (Å²) in [6, 6.07) is 0.309. The Labute approximate surface area is 144 Å². The summed E-state index contributed by atoms with van der Waals surface area (Å²) in [6.07, 6.45) is 6.56. The van der Waals surface area contributed by atoms with Crippen LogP contribution in [0.25, 0.3) is 11.6 Å². The lowest BCUT2D eigenvalue weighted by atomic mass is 10.2. The molecule has 0 atom stereocenters. The van der Waals surface area contributed by atoms with Crippen molar-refractivity contribution in [1.29, 1.82) is 0 Å². The van der Waals surface area contributed by atoms with Crippen LogP contribution in [-0.4, -0.2) is 30.4 Å². The van der Waals surface area contributed by atoms with Gasteiger partial charge in [-0.25, -0.2) is 19.9 Å². The fourth-order valence-electron chi connectivity index (χ4n) is 2.25. The number of nitrogens with one attached hydrogen (secondary N) is 1. The number of rotatable bonds is 5. The van der Waals surface area contributed by atoms with Crippen LogP contribution >= 0.6 is 0 Å². The quantitative estimate of drug-likeness (QED) is 0.724. The largest absolute Gasteiger partial charge is 0.443 e. The van der Waals surface area contributed by atoms with Gasteiger partial charge in [-0.15, -0.1) is 0 Å². The molecular formula is C16H19N7O2. The molecule has 0 fully saturated rings. The molecule has 0 radical (unpaired) electrons. The lowest BCUT2D eigenvalue weighted by Crippen LogP contribution is -2.26. The van der Waals surface area contributed by atoms with E-state index in [1.165, 1.54) is 12.5 Å². The van der Waals surface area contributed by atoms with Crippen LogP contribution in [-0.2, 0) is 6.54 Å².